The molecule has 8 N–H and O–H groups in total. The van der Waals surface area contributed by atoms with Crippen LogP contribution in [0.4, 0.5) is 0 Å². The van der Waals surface area contributed by atoms with Gasteiger partial charge in [0.05, 0.1) is 11.4 Å². The van der Waals surface area contributed by atoms with Crippen LogP contribution in [0.15, 0.2) is 44.7 Å². The van der Waals surface area contributed by atoms with Crippen molar-refractivity contribution in [2.24, 2.45) is 43.3 Å². The van der Waals surface area contributed by atoms with Crippen molar-refractivity contribution in [1.82, 2.24) is 0 Å². The van der Waals surface area contributed by atoms with E-state index in [0.29, 0.717) is 17.8 Å². The summed E-state index contributed by atoms with van der Waals surface area (Å²) < 4.78 is 0. The highest BCUT2D eigenvalue weighted by Crippen LogP contribution is 2.23. The van der Waals surface area contributed by atoms with Crippen LogP contribution in [-0.2, 0) is 0 Å². The zero-order chi connectivity index (χ0) is 13.8. The van der Waals surface area contributed by atoms with Gasteiger partial charge in [-0.1, -0.05) is 24.3 Å². The van der Waals surface area contributed by atoms with Gasteiger partial charge in [-0.25, -0.2) is 0 Å². The van der Waals surface area contributed by atoms with E-state index in [9.17, 15) is 0 Å². The molecule has 0 unspecified atom stereocenters. The molecule has 1 aromatic rings. The Balaban J connectivity index is 0.00000200. The van der Waals surface area contributed by atoms with Crippen LogP contribution in [0.1, 0.15) is 17.5 Å². The number of nitrogens with two attached hydrogens (primary N) is 4. The van der Waals surface area contributed by atoms with Gasteiger partial charge in [-0.05, 0) is 0 Å². The highest BCUT2D eigenvalue weighted by atomic mass is 35.5. The molecule has 20 heavy (non-hydrogen) atoms. The third kappa shape index (κ3) is 3.45. The van der Waals surface area contributed by atoms with E-state index in [1.165, 1.54) is 0 Å². The van der Waals surface area contributed by atoms with Crippen LogP contribution < -0.4 is 22.9 Å². The normalized spacial score (nSPS) is 16.4. The van der Waals surface area contributed by atoms with Crippen molar-refractivity contribution in [2.45, 2.75) is 6.42 Å². The Bertz CT molecular complexity index is 556. The van der Waals surface area contributed by atoms with E-state index < -0.39 is 0 Å². The van der Waals surface area contributed by atoms with Crippen molar-refractivity contribution in [3.63, 3.8) is 0 Å². The molecule has 0 bridgehead atoms. The van der Waals surface area contributed by atoms with Gasteiger partial charge in [0.15, 0.2) is 0 Å². The largest absolute Gasteiger partial charge is 0.369 e. The smallest absolute Gasteiger partial charge is 0.211 e. The van der Waals surface area contributed by atoms with Crippen LogP contribution >= 0.6 is 12.4 Å². The second-order valence-electron chi connectivity index (χ2n) is 3.87. The lowest BCUT2D eigenvalue weighted by atomic mass is 10.1. The third-order valence-electron chi connectivity index (χ3n) is 2.46. The lowest BCUT2D eigenvalue weighted by molar-refractivity contribution is 1.18. The van der Waals surface area contributed by atoms with E-state index in [-0.39, 0.29) is 24.3 Å². The molecule has 0 saturated heterocycles. The number of halogens is 1. The molecular weight excluding hydrogens is 280 g/mol. The summed E-state index contributed by atoms with van der Waals surface area (Å²) in [4.78, 5) is 0. The minimum atomic E-state index is -0.0976. The van der Waals surface area contributed by atoms with Crippen molar-refractivity contribution in [2.75, 3.05) is 0 Å². The molecule has 1 aliphatic rings. The Labute approximate surface area is 121 Å². The first-order valence-electron chi connectivity index (χ1n) is 5.48. The Morgan fingerprint density at radius 2 is 1.20 bits per heavy atom. The van der Waals surface area contributed by atoms with Crippen molar-refractivity contribution in [1.29, 1.82) is 0 Å². The highest BCUT2D eigenvalue weighted by Gasteiger charge is 2.23. The van der Waals surface area contributed by atoms with Crippen LogP contribution in [0.5, 0.6) is 0 Å². The number of nitrogens with zero attached hydrogens (tertiary/aromatic N) is 4. The van der Waals surface area contributed by atoms with E-state index in [0.717, 1.165) is 11.1 Å². The molecule has 106 valence electrons. The number of fused-ring (bicyclic) bond motifs is 1. The average molecular weight is 295 g/mol. The summed E-state index contributed by atoms with van der Waals surface area (Å²) in [6, 6.07) is 7.61. The molecular formula is C11H15ClN8. The van der Waals surface area contributed by atoms with Gasteiger partial charge >= 0.3 is 0 Å². The van der Waals surface area contributed by atoms with Gasteiger partial charge in [0.1, 0.15) is 0 Å². The number of rotatable bonds is 2. The summed E-state index contributed by atoms with van der Waals surface area (Å²) >= 11 is 0. The standard InChI is InChI=1S/C11H14N8.ClH/c12-10(13)18-16-8-5-9(17-19-11(14)15)7-4-2-1-3-6(7)8;/h1-4H,5H2,(H4,12,13,18)(H4,14,15,19);1H/b16-8+,17-9+;. The first-order chi connectivity index (χ1) is 9.08. The fraction of sp³-hybridized carbons (Fsp3) is 0.0909. The van der Waals surface area contributed by atoms with Gasteiger partial charge in [0, 0.05) is 17.5 Å². The molecule has 1 aliphatic carbocycles. The molecule has 8 nitrogen and oxygen atoms in total. The Morgan fingerprint density at radius 1 is 0.800 bits per heavy atom. The summed E-state index contributed by atoms with van der Waals surface area (Å²) in [5, 5.41) is 15.3. The van der Waals surface area contributed by atoms with E-state index in [1.54, 1.807) is 0 Å². The van der Waals surface area contributed by atoms with E-state index >= 15 is 0 Å². The quantitative estimate of drug-likeness (QED) is 0.329. The maximum absolute atomic E-state index is 5.26. The Morgan fingerprint density at radius 3 is 1.55 bits per heavy atom. The molecule has 0 atom stereocenters. The Kier molecular flexibility index (Phi) is 5.04. The maximum atomic E-state index is 5.26. The van der Waals surface area contributed by atoms with Gasteiger partial charge in [0.25, 0.3) is 0 Å². The third-order valence-corrected chi connectivity index (χ3v) is 2.46. The molecule has 0 heterocycles. The first-order valence-corrected chi connectivity index (χ1v) is 5.48. The van der Waals surface area contributed by atoms with Crippen LogP contribution in [0.25, 0.3) is 0 Å². The summed E-state index contributed by atoms with van der Waals surface area (Å²) in [5.74, 6) is -0.195. The van der Waals surface area contributed by atoms with Crippen molar-refractivity contribution < 1.29 is 0 Å². The SMILES string of the molecule is Cl.NC(N)=N/N=C1\C/C(=N\N=C(N)N)c2ccccc21. The maximum Gasteiger partial charge on any atom is 0.211 e. The zero-order valence-electron chi connectivity index (χ0n) is 10.5. The molecule has 0 saturated carbocycles. The number of hydrogen-bond donors (Lipinski definition) is 4. The number of guanidine groups is 2. The van der Waals surface area contributed by atoms with Crippen molar-refractivity contribution in [3.8, 4) is 0 Å². The van der Waals surface area contributed by atoms with Crippen LogP contribution in [0.3, 0.4) is 0 Å². The van der Waals surface area contributed by atoms with E-state index in [2.05, 4.69) is 20.4 Å². The molecule has 0 amide bonds. The molecule has 0 aliphatic heterocycles. The molecule has 0 aromatic heterocycles. The predicted octanol–water partition coefficient (Wildman–Crippen LogP) is -0.533. The molecule has 9 heteroatoms. The minimum absolute atomic E-state index is 0. The van der Waals surface area contributed by atoms with Gasteiger partial charge < -0.3 is 22.9 Å². The van der Waals surface area contributed by atoms with Gasteiger partial charge in [-0.15, -0.1) is 22.6 Å². The van der Waals surface area contributed by atoms with E-state index in [4.69, 9.17) is 22.9 Å². The van der Waals surface area contributed by atoms with Crippen molar-refractivity contribution in [3.05, 3.63) is 35.4 Å². The molecule has 0 spiro atoms. The predicted molar refractivity (Wildman–Crippen MR) is 83.0 cm³/mol. The number of hydrogen-bond acceptors (Lipinski definition) is 4. The van der Waals surface area contributed by atoms with E-state index in [1.807, 2.05) is 24.3 Å². The van der Waals surface area contributed by atoms with Crippen LogP contribution in [0, 0.1) is 0 Å². The Hall–Kier alpha value is -2.61. The minimum Gasteiger partial charge on any atom is -0.369 e. The lowest BCUT2D eigenvalue weighted by Crippen LogP contribution is -2.22. The highest BCUT2D eigenvalue weighted by molar-refractivity contribution is 6.28. The fourth-order valence-electron chi connectivity index (χ4n) is 1.75. The zero-order valence-corrected chi connectivity index (χ0v) is 11.3. The average Bonchev–Trinajstić information content (AvgIpc) is 2.72. The van der Waals surface area contributed by atoms with Crippen molar-refractivity contribution >= 4 is 35.7 Å². The second-order valence-corrected chi connectivity index (χ2v) is 3.87. The summed E-state index contributed by atoms with van der Waals surface area (Å²) in [6.45, 7) is 0. The lowest BCUT2D eigenvalue weighted by Gasteiger charge is -1.96. The molecule has 0 fully saturated rings. The van der Waals surface area contributed by atoms with Gasteiger partial charge in [-0.3, -0.25) is 0 Å². The summed E-state index contributed by atoms with van der Waals surface area (Å²) in [7, 11) is 0. The number of benzene rings is 1. The van der Waals surface area contributed by atoms with Gasteiger partial charge in [-0.2, -0.15) is 10.2 Å². The van der Waals surface area contributed by atoms with Crippen LogP contribution in [0.2, 0.25) is 0 Å². The molecule has 1 aromatic carbocycles. The second kappa shape index (κ2) is 6.53. The summed E-state index contributed by atoms with van der Waals surface area (Å²) in [6.07, 6.45) is 0.465. The molecule has 2 rings (SSSR count). The van der Waals surface area contributed by atoms with Gasteiger partial charge in [0.2, 0.25) is 11.9 Å². The molecule has 0 radical (unpaired) electrons. The monoisotopic (exact) mass is 294 g/mol. The fourth-order valence-corrected chi connectivity index (χ4v) is 1.75. The first kappa shape index (κ1) is 15.4. The summed E-state index contributed by atoms with van der Waals surface area (Å²) in [5.41, 5.74) is 24.3. The topological polar surface area (TPSA) is 154 Å². The van der Waals surface area contributed by atoms with Crippen LogP contribution in [-0.4, -0.2) is 23.3 Å².